The molecule has 0 spiro atoms. The van der Waals surface area contributed by atoms with Gasteiger partial charge in [0.25, 0.3) is 0 Å². The molecule has 0 saturated heterocycles. The minimum absolute atomic E-state index is 0.0312. The van der Waals surface area contributed by atoms with Gasteiger partial charge in [0.05, 0.1) is 31.0 Å². The second-order valence-electron chi connectivity index (χ2n) is 9.73. The van der Waals surface area contributed by atoms with E-state index in [1.807, 2.05) is 0 Å². The zero-order valence-corrected chi connectivity index (χ0v) is 24.2. The molecule has 1 fully saturated rings. The summed E-state index contributed by atoms with van der Waals surface area (Å²) in [5.41, 5.74) is 1.36. The van der Waals surface area contributed by atoms with Gasteiger partial charge in [-0.15, -0.1) is 0 Å². The van der Waals surface area contributed by atoms with Gasteiger partial charge in [0.1, 0.15) is 10.3 Å². The number of hydrogen-bond donors (Lipinski definition) is 2. The van der Waals surface area contributed by atoms with E-state index in [1.165, 1.54) is 37.7 Å². The topological polar surface area (TPSA) is 148 Å². The molecule has 1 aliphatic rings. The fraction of sp³-hybridized carbons (Fsp3) is 0.481. The van der Waals surface area contributed by atoms with E-state index >= 15 is 0 Å². The first-order valence-electron chi connectivity index (χ1n) is 13.1. The lowest BCUT2D eigenvalue weighted by molar-refractivity contribution is -0.137. The largest absolute Gasteiger partial charge is 0.481 e. The SMILES string of the molecule is COCCN(CCC(=O)O)S(=O)(=O)c1ccc(C(CC2CCCC2)C(=O)Nc2nc3ccc(OC)nc3s2)cc1. The van der Waals surface area contributed by atoms with E-state index in [0.29, 0.717) is 39.3 Å². The number of pyridine rings is 1. The molecule has 1 atom stereocenters. The molecule has 2 N–H and O–H groups in total. The normalized spacial score (nSPS) is 15.0. The molecule has 1 aromatic carbocycles. The molecule has 1 saturated carbocycles. The molecule has 2 aromatic heterocycles. The van der Waals surface area contributed by atoms with Crippen LogP contribution in [0.1, 0.15) is 50.0 Å². The molecule has 216 valence electrons. The summed E-state index contributed by atoms with van der Waals surface area (Å²) in [6, 6.07) is 9.80. The van der Waals surface area contributed by atoms with Crippen LogP contribution in [0.25, 0.3) is 10.3 Å². The van der Waals surface area contributed by atoms with Crippen LogP contribution in [0.3, 0.4) is 0 Å². The average molecular weight is 591 g/mol. The first-order valence-corrected chi connectivity index (χ1v) is 15.4. The molecule has 1 amide bonds. The molecule has 0 aliphatic heterocycles. The summed E-state index contributed by atoms with van der Waals surface area (Å²) in [7, 11) is -0.970. The van der Waals surface area contributed by atoms with Crippen molar-refractivity contribution in [2.45, 2.75) is 49.3 Å². The molecule has 4 rings (SSSR count). The monoisotopic (exact) mass is 590 g/mol. The van der Waals surface area contributed by atoms with Crippen molar-refractivity contribution >= 4 is 48.7 Å². The van der Waals surface area contributed by atoms with Gasteiger partial charge in [-0.1, -0.05) is 49.2 Å². The van der Waals surface area contributed by atoms with E-state index in [-0.39, 0.29) is 36.9 Å². The number of fused-ring (bicyclic) bond motifs is 1. The van der Waals surface area contributed by atoms with E-state index in [1.54, 1.807) is 24.3 Å². The van der Waals surface area contributed by atoms with Crippen molar-refractivity contribution in [3.8, 4) is 5.88 Å². The maximum Gasteiger partial charge on any atom is 0.304 e. The van der Waals surface area contributed by atoms with Crippen LogP contribution in [-0.2, 0) is 24.3 Å². The predicted molar refractivity (Wildman–Crippen MR) is 151 cm³/mol. The number of carboxylic acids is 1. The number of nitrogens with one attached hydrogen (secondary N) is 1. The number of carbonyl (C=O) groups excluding carboxylic acids is 1. The van der Waals surface area contributed by atoms with Gasteiger partial charge in [0.15, 0.2) is 5.13 Å². The highest BCUT2D eigenvalue weighted by Gasteiger charge is 2.29. The van der Waals surface area contributed by atoms with Crippen molar-refractivity contribution in [1.82, 2.24) is 14.3 Å². The third-order valence-corrected chi connectivity index (χ3v) is 9.86. The van der Waals surface area contributed by atoms with Gasteiger partial charge in [-0.05, 0) is 36.1 Å². The number of nitrogens with zero attached hydrogens (tertiary/aromatic N) is 3. The Balaban J connectivity index is 1.56. The molecule has 0 bridgehead atoms. The Kier molecular flexibility index (Phi) is 10.1. The highest BCUT2D eigenvalue weighted by Crippen LogP contribution is 2.36. The molecular formula is C27H34N4O7S2. The molecule has 2 heterocycles. The van der Waals surface area contributed by atoms with Crippen molar-refractivity contribution in [2.75, 3.05) is 39.2 Å². The summed E-state index contributed by atoms with van der Waals surface area (Å²) in [6.07, 6.45) is 4.70. The summed E-state index contributed by atoms with van der Waals surface area (Å²) < 4.78 is 37.9. The maximum absolute atomic E-state index is 13.6. The average Bonchev–Trinajstić information content (AvgIpc) is 3.60. The van der Waals surface area contributed by atoms with Crippen LogP contribution in [0.15, 0.2) is 41.3 Å². The quantitative estimate of drug-likeness (QED) is 0.283. The van der Waals surface area contributed by atoms with E-state index < -0.39 is 21.9 Å². The lowest BCUT2D eigenvalue weighted by atomic mass is 9.87. The molecule has 11 nitrogen and oxygen atoms in total. The molecule has 1 aliphatic carbocycles. The lowest BCUT2D eigenvalue weighted by Gasteiger charge is -2.23. The number of carbonyl (C=O) groups is 2. The van der Waals surface area contributed by atoms with Crippen molar-refractivity contribution in [3.05, 3.63) is 42.0 Å². The number of thiazole rings is 1. The Hall–Kier alpha value is -3.13. The molecule has 1 unspecified atom stereocenters. The number of aromatic nitrogens is 2. The number of amides is 1. The Morgan fingerprint density at radius 3 is 2.48 bits per heavy atom. The zero-order chi connectivity index (χ0) is 28.7. The Bertz CT molecular complexity index is 1420. The van der Waals surface area contributed by atoms with Gasteiger partial charge in [0, 0.05) is 26.3 Å². The number of hydrogen-bond acceptors (Lipinski definition) is 9. The Morgan fingerprint density at radius 2 is 1.82 bits per heavy atom. The third kappa shape index (κ3) is 7.33. The molecule has 3 aromatic rings. The van der Waals surface area contributed by atoms with E-state index in [4.69, 9.17) is 14.6 Å². The first kappa shape index (κ1) is 29.8. The van der Waals surface area contributed by atoms with E-state index in [2.05, 4.69) is 15.3 Å². The molecule has 40 heavy (non-hydrogen) atoms. The van der Waals surface area contributed by atoms with Crippen LogP contribution in [0, 0.1) is 5.92 Å². The number of ether oxygens (including phenoxy) is 2. The van der Waals surface area contributed by atoms with Crippen molar-refractivity contribution in [2.24, 2.45) is 5.92 Å². The van der Waals surface area contributed by atoms with Crippen LogP contribution in [0.2, 0.25) is 0 Å². The number of sulfonamides is 1. The van der Waals surface area contributed by atoms with Gasteiger partial charge in [-0.2, -0.15) is 4.31 Å². The fourth-order valence-electron chi connectivity index (χ4n) is 4.92. The molecule has 0 radical (unpaired) electrons. The number of rotatable bonds is 14. The van der Waals surface area contributed by atoms with Crippen LogP contribution in [0.5, 0.6) is 5.88 Å². The summed E-state index contributed by atoms with van der Waals surface area (Å²) >= 11 is 1.26. The van der Waals surface area contributed by atoms with E-state index in [0.717, 1.165) is 30.0 Å². The minimum atomic E-state index is -3.96. The van der Waals surface area contributed by atoms with Gasteiger partial charge in [0.2, 0.25) is 21.8 Å². The maximum atomic E-state index is 13.6. The summed E-state index contributed by atoms with van der Waals surface area (Å²) in [5, 5.41) is 12.4. The van der Waals surface area contributed by atoms with Crippen molar-refractivity contribution in [1.29, 1.82) is 0 Å². The number of anilines is 1. The second-order valence-corrected chi connectivity index (χ2v) is 12.7. The van der Waals surface area contributed by atoms with Crippen molar-refractivity contribution < 1.29 is 32.6 Å². The van der Waals surface area contributed by atoms with Crippen molar-refractivity contribution in [3.63, 3.8) is 0 Å². The number of methoxy groups -OCH3 is 2. The smallest absolute Gasteiger partial charge is 0.304 e. The van der Waals surface area contributed by atoms with Crippen LogP contribution < -0.4 is 10.1 Å². The van der Waals surface area contributed by atoms with E-state index in [9.17, 15) is 18.0 Å². The van der Waals surface area contributed by atoms with Crippen LogP contribution in [0.4, 0.5) is 5.13 Å². The molecular weight excluding hydrogens is 556 g/mol. The zero-order valence-electron chi connectivity index (χ0n) is 22.5. The summed E-state index contributed by atoms with van der Waals surface area (Å²) in [5.74, 6) is -0.924. The van der Waals surface area contributed by atoms with Gasteiger partial charge < -0.3 is 19.9 Å². The van der Waals surface area contributed by atoms with Gasteiger partial charge >= 0.3 is 5.97 Å². The standard InChI is InChI=1S/C27H34N4O7S2/c1-37-16-15-31(14-13-24(32)33)40(35,36)20-9-7-19(8-10-20)21(17-18-5-3-4-6-18)25(34)30-27-28-22-11-12-23(38-2)29-26(22)39-27/h7-12,18,21H,3-6,13-17H2,1-2H3,(H,32,33)(H,28,30,34). The molecule has 13 heteroatoms. The summed E-state index contributed by atoms with van der Waals surface area (Å²) in [6.45, 7) is -0.00348. The predicted octanol–water partition coefficient (Wildman–Crippen LogP) is 4.11. The van der Waals surface area contributed by atoms with Gasteiger partial charge in [-0.3, -0.25) is 9.59 Å². The first-order chi connectivity index (χ1) is 19.2. The minimum Gasteiger partial charge on any atom is -0.481 e. The van der Waals surface area contributed by atoms with Crippen LogP contribution in [-0.4, -0.2) is 73.6 Å². The highest BCUT2D eigenvalue weighted by molar-refractivity contribution is 7.89. The summed E-state index contributed by atoms with van der Waals surface area (Å²) in [4.78, 5) is 34.2. The third-order valence-electron chi connectivity index (χ3n) is 7.07. The number of aliphatic carboxylic acids is 1. The second kappa shape index (κ2) is 13.5. The van der Waals surface area contributed by atoms with Gasteiger partial charge in [-0.25, -0.2) is 18.4 Å². The number of benzene rings is 1. The fourth-order valence-corrected chi connectivity index (χ4v) is 7.18. The highest BCUT2D eigenvalue weighted by atomic mass is 32.2. The Morgan fingerprint density at radius 1 is 1.10 bits per heavy atom. The lowest BCUT2D eigenvalue weighted by Crippen LogP contribution is -2.35. The Labute approximate surface area is 237 Å². The van der Waals surface area contributed by atoms with Crippen LogP contribution >= 0.6 is 11.3 Å². The number of carboxylic acid groups (broad SMARTS) is 1.